The Morgan fingerprint density at radius 2 is 1.79 bits per heavy atom. The summed E-state index contributed by atoms with van der Waals surface area (Å²) in [6.45, 7) is 4.16. The van der Waals surface area contributed by atoms with Crippen LogP contribution >= 0.6 is 0 Å². The number of nitrogens with zero attached hydrogens (tertiary/aromatic N) is 5. The molecule has 0 N–H and O–H groups in total. The van der Waals surface area contributed by atoms with Gasteiger partial charge in [0.2, 0.25) is 0 Å². The molecule has 24 heavy (non-hydrogen) atoms. The van der Waals surface area contributed by atoms with Crippen LogP contribution < -0.4 is 0 Å². The van der Waals surface area contributed by atoms with Crippen LogP contribution in [0.15, 0.2) is 36.8 Å². The summed E-state index contributed by atoms with van der Waals surface area (Å²) >= 11 is 0. The van der Waals surface area contributed by atoms with Crippen molar-refractivity contribution in [3.8, 4) is 0 Å². The first kappa shape index (κ1) is 15.2. The third kappa shape index (κ3) is 3.43. The summed E-state index contributed by atoms with van der Waals surface area (Å²) in [6.07, 6.45) is 7.65. The number of piperazine rings is 1. The minimum atomic E-state index is 0.0304. The van der Waals surface area contributed by atoms with E-state index >= 15 is 0 Å². The van der Waals surface area contributed by atoms with Crippen LogP contribution in [-0.2, 0) is 6.54 Å². The first-order valence-corrected chi connectivity index (χ1v) is 8.53. The molecule has 1 aliphatic carbocycles. The molecule has 0 atom stereocenters. The van der Waals surface area contributed by atoms with E-state index < -0.39 is 0 Å². The number of hydrogen-bond acceptors (Lipinski definition) is 5. The van der Waals surface area contributed by atoms with Gasteiger partial charge in [0.05, 0.1) is 0 Å². The zero-order chi connectivity index (χ0) is 16.4. The summed E-state index contributed by atoms with van der Waals surface area (Å²) in [7, 11) is 0. The van der Waals surface area contributed by atoms with Crippen molar-refractivity contribution >= 4 is 5.91 Å². The van der Waals surface area contributed by atoms with Crippen molar-refractivity contribution in [1.82, 2.24) is 24.8 Å². The van der Waals surface area contributed by atoms with Crippen LogP contribution in [0, 0.1) is 0 Å². The Kier molecular flexibility index (Phi) is 4.21. The largest absolute Gasteiger partial charge is 0.335 e. The van der Waals surface area contributed by atoms with Gasteiger partial charge in [-0.05, 0) is 36.6 Å². The molecule has 1 saturated heterocycles. The smallest absolute Gasteiger partial charge is 0.272 e. The number of rotatable bonds is 4. The maximum absolute atomic E-state index is 12.7. The fraction of sp³-hybridized carbons (Fsp3) is 0.444. The Morgan fingerprint density at radius 1 is 1.04 bits per heavy atom. The molecule has 0 aromatic carbocycles. The van der Waals surface area contributed by atoms with Gasteiger partial charge in [-0.15, -0.1) is 0 Å². The monoisotopic (exact) mass is 323 g/mol. The SMILES string of the molecule is O=C(c1ccnc(C2CC2)n1)N1CCN(Cc2ccncc2)CC1. The van der Waals surface area contributed by atoms with E-state index in [9.17, 15) is 4.79 Å². The second-order valence-corrected chi connectivity index (χ2v) is 6.50. The molecule has 0 radical (unpaired) electrons. The number of carbonyl (C=O) groups excluding carboxylic acids is 1. The maximum atomic E-state index is 12.7. The summed E-state index contributed by atoms with van der Waals surface area (Å²) in [4.78, 5) is 29.8. The lowest BCUT2D eigenvalue weighted by molar-refractivity contribution is 0.0622. The van der Waals surface area contributed by atoms with E-state index in [1.165, 1.54) is 5.56 Å². The highest BCUT2D eigenvalue weighted by Gasteiger charge is 2.28. The van der Waals surface area contributed by atoms with Crippen LogP contribution in [0.25, 0.3) is 0 Å². The molecule has 124 valence electrons. The van der Waals surface area contributed by atoms with Gasteiger partial charge in [0.1, 0.15) is 11.5 Å². The van der Waals surface area contributed by atoms with Gasteiger partial charge in [0, 0.05) is 57.2 Å². The summed E-state index contributed by atoms with van der Waals surface area (Å²) in [5.74, 6) is 1.33. The molecule has 2 fully saturated rings. The molecule has 0 unspecified atom stereocenters. The Morgan fingerprint density at radius 3 is 2.50 bits per heavy atom. The van der Waals surface area contributed by atoms with E-state index in [4.69, 9.17) is 0 Å². The molecule has 2 aromatic rings. The molecule has 6 nitrogen and oxygen atoms in total. The Labute approximate surface area is 141 Å². The highest BCUT2D eigenvalue weighted by molar-refractivity contribution is 5.92. The highest BCUT2D eigenvalue weighted by atomic mass is 16.2. The lowest BCUT2D eigenvalue weighted by Crippen LogP contribution is -2.48. The summed E-state index contributed by atoms with van der Waals surface area (Å²) in [6, 6.07) is 5.81. The zero-order valence-electron chi connectivity index (χ0n) is 13.6. The van der Waals surface area contributed by atoms with Crippen molar-refractivity contribution in [2.24, 2.45) is 0 Å². The van der Waals surface area contributed by atoms with Crippen LogP contribution in [0.4, 0.5) is 0 Å². The van der Waals surface area contributed by atoms with Gasteiger partial charge in [-0.2, -0.15) is 0 Å². The first-order chi connectivity index (χ1) is 11.8. The Hall–Kier alpha value is -2.34. The van der Waals surface area contributed by atoms with Crippen LogP contribution in [0.1, 0.15) is 40.6 Å². The summed E-state index contributed by atoms with van der Waals surface area (Å²) < 4.78 is 0. The fourth-order valence-electron chi connectivity index (χ4n) is 3.05. The van der Waals surface area contributed by atoms with Gasteiger partial charge in [-0.25, -0.2) is 9.97 Å². The molecule has 1 saturated carbocycles. The van der Waals surface area contributed by atoms with E-state index in [0.29, 0.717) is 11.6 Å². The second-order valence-electron chi connectivity index (χ2n) is 6.50. The van der Waals surface area contributed by atoms with Crippen LogP contribution in [-0.4, -0.2) is 56.8 Å². The van der Waals surface area contributed by atoms with Crippen molar-refractivity contribution < 1.29 is 4.79 Å². The topological polar surface area (TPSA) is 62.2 Å². The fourth-order valence-corrected chi connectivity index (χ4v) is 3.05. The van der Waals surface area contributed by atoms with Gasteiger partial charge in [0.15, 0.2) is 0 Å². The van der Waals surface area contributed by atoms with Crippen LogP contribution in [0.3, 0.4) is 0 Å². The van der Waals surface area contributed by atoms with Gasteiger partial charge in [-0.3, -0.25) is 14.7 Å². The van der Waals surface area contributed by atoms with E-state index in [1.807, 2.05) is 29.4 Å². The van der Waals surface area contributed by atoms with E-state index in [0.717, 1.165) is 51.4 Å². The molecule has 2 aliphatic rings. The molecule has 1 aliphatic heterocycles. The van der Waals surface area contributed by atoms with Crippen LogP contribution in [0.2, 0.25) is 0 Å². The molecule has 0 spiro atoms. The van der Waals surface area contributed by atoms with Gasteiger partial charge in [-0.1, -0.05) is 0 Å². The van der Waals surface area contributed by atoms with Gasteiger partial charge >= 0.3 is 0 Å². The first-order valence-electron chi connectivity index (χ1n) is 8.53. The zero-order valence-corrected chi connectivity index (χ0v) is 13.6. The van der Waals surface area contributed by atoms with E-state index in [-0.39, 0.29) is 5.91 Å². The molecule has 3 heterocycles. The van der Waals surface area contributed by atoms with Gasteiger partial charge < -0.3 is 4.90 Å². The third-order valence-electron chi connectivity index (χ3n) is 4.65. The molecular weight excluding hydrogens is 302 g/mol. The lowest BCUT2D eigenvalue weighted by atomic mass is 10.2. The molecule has 6 heteroatoms. The normalized spacial score (nSPS) is 18.6. The van der Waals surface area contributed by atoms with Crippen molar-refractivity contribution in [3.63, 3.8) is 0 Å². The Bertz CT molecular complexity index is 708. The predicted octanol–water partition coefficient (Wildman–Crippen LogP) is 1.71. The number of pyridine rings is 1. The van der Waals surface area contributed by atoms with E-state index in [2.05, 4.69) is 19.9 Å². The summed E-state index contributed by atoms with van der Waals surface area (Å²) in [5.41, 5.74) is 1.80. The highest BCUT2D eigenvalue weighted by Crippen LogP contribution is 2.37. The third-order valence-corrected chi connectivity index (χ3v) is 4.65. The van der Waals surface area contributed by atoms with Crippen molar-refractivity contribution in [2.45, 2.75) is 25.3 Å². The summed E-state index contributed by atoms with van der Waals surface area (Å²) in [5, 5.41) is 0. The van der Waals surface area contributed by atoms with Crippen molar-refractivity contribution in [2.75, 3.05) is 26.2 Å². The molecule has 1 amide bonds. The minimum Gasteiger partial charge on any atom is -0.335 e. The average molecular weight is 323 g/mol. The Balaban J connectivity index is 1.35. The minimum absolute atomic E-state index is 0.0304. The second kappa shape index (κ2) is 6.65. The molecular formula is C18H21N5O. The number of hydrogen-bond donors (Lipinski definition) is 0. The molecule has 4 rings (SSSR count). The average Bonchev–Trinajstić information content (AvgIpc) is 3.48. The lowest BCUT2D eigenvalue weighted by Gasteiger charge is -2.34. The van der Waals surface area contributed by atoms with Gasteiger partial charge in [0.25, 0.3) is 5.91 Å². The maximum Gasteiger partial charge on any atom is 0.272 e. The van der Waals surface area contributed by atoms with Crippen molar-refractivity contribution in [3.05, 3.63) is 53.9 Å². The quantitative estimate of drug-likeness (QED) is 0.857. The molecule has 0 bridgehead atoms. The predicted molar refractivity (Wildman–Crippen MR) is 89.4 cm³/mol. The standard InChI is InChI=1S/C18H21N5O/c24-18(16-5-8-20-17(21-16)15-1-2-15)23-11-9-22(10-12-23)13-14-3-6-19-7-4-14/h3-8,15H,1-2,9-13H2. The molecule has 2 aromatic heterocycles. The number of amides is 1. The van der Waals surface area contributed by atoms with Crippen molar-refractivity contribution in [1.29, 1.82) is 0 Å². The van der Waals surface area contributed by atoms with E-state index in [1.54, 1.807) is 12.3 Å². The number of aromatic nitrogens is 3. The van der Waals surface area contributed by atoms with Crippen LogP contribution in [0.5, 0.6) is 0 Å². The number of carbonyl (C=O) groups is 1.